The van der Waals surface area contributed by atoms with E-state index in [1.807, 2.05) is 0 Å². The van der Waals surface area contributed by atoms with Gasteiger partial charge in [-0.2, -0.15) is 0 Å². The summed E-state index contributed by atoms with van der Waals surface area (Å²) in [4.78, 5) is 0. The van der Waals surface area contributed by atoms with Crippen molar-refractivity contribution < 1.29 is 12.3 Å². The molecule has 0 aromatic rings. The van der Waals surface area contributed by atoms with Crippen molar-refractivity contribution in [3.63, 3.8) is 0 Å². The Balaban J connectivity index is 0. The first-order chi connectivity index (χ1) is 7.10. The van der Waals surface area contributed by atoms with Crippen LogP contribution in [-0.2, 0) is 0 Å². The zero-order valence-electron chi connectivity index (χ0n) is 14.5. The fraction of sp³-hybridized carbons (Fsp3) is 1.00. The van der Waals surface area contributed by atoms with Crippen LogP contribution in [0.25, 0.3) is 0 Å². The first-order valence-corrected chi connectivity index (χ1v) is 8.40. The van der Waals surface area contributed by atoms with Gasteiger partial charge in [-0.25, -0.2) is 0 Å². The Kier molecular flexibility index (Phi) is 2.06. The van der Waals surface area contributed by atoms with E-state index in [2.05, 4.69) is 19.6 Å². The number of hydrogen-bond donors (Lipinski definition) is 0. The van der Waals surface area contributed by atoms with Gasteiger partial charge in [-0.15, -0.1) is 0 Å². The molecule has 0 N–H and O–H groups in total. The average molecular weight is 200 g/mol. The minimum atomic E-state index is -4.10. The van der Waals surface area contributed by atoms with Crippen molar-refractivity contribution >= 4 is 23.1 Å². The van der Waals surface area contributed by atoms with Crippen LogP contribution >= 0.6 is 0 Å². The van der Waals surface area contributed by atoms with E-state index in [1.165, 1.54) is 0 Å². The summed E-state index contributed by atoms with van der Waals surface area (Å²) in [6, 6.07) is 0. The zero-order valence-corrected chi connectivity index (χ0v) is 8.60. The summed E-state index contributed by atoms with van der Waals surface area (Å²) < 4.78 is 62.0. The standard InChI is InChI=1S/C3H9Ge.C3H9Si/c2*1-4(2)3/h2*1-3H3/i1D3,2D3,3D3;. The summed E-state index contributed by atoms with van der Waals surface area (Å²) in [7, 11) is 0.120. The maximum absolute atomic E-state index is 6.89. The molecule has 0 heterocycles. The van der Waals surface area contributed by atoms with Gasteiger partial charge in [0.25, 0.3) is 0 Å². The fourth-order valence-electron chi connectivity index (χ4n) is 0. The van der Waals surface area contributed by atoms with Crippen LogP contribution in [0, 0.1) is 0 Å². The molecule has 0 aliphatic carbocycles. The van der Waals surface area contributed by atoms with E-state index in [4.69, 9.17) is 12.3 Å². The van der Waals surface area contributed by atoms with Crippen LogP contribution in [0.3, 0.4) is 0 Å². The molecule has 0 nitrogen and oxygen atoms in total. The fourth-order valence-corrected chi connectivity index (χ4v) is 0. The molecule has 0 aliphatic rings. The molecule has 0 atom stereocenters. The van der Waals surface area contributed by atoms with E-state index < -0.39 is 31.4 Å². The average Bonchev–Trinajstić information content (AvgIpc) is 1.69. The number of rotatable bonds is 0. The second-order valence-electron chi connectivity index (χ2n) is 1.88. The van der Waals surface area contributed by atoms with E-state index in [9.17, 15) is 0 Å². The molecule has 2 radical (unpaired) electrons. The molecule has 0 aromatic heterocycles. The molecule has 2 heteroatoms. The zero-order chi connectivity index (χ0) is 14.7. The van der Waals surface area contributed by atoms with E-state index in [0.717, 1.165) is 0 Å². The third-order valence-electron chi connectivity index (χ3n) is 0. The molecule has 0 fully saturated rings. The Morgan fingerprint density at radius 2 is 1.38 bits per heavy atom. The van der Waals surface area contributed by atoms with Gasteiger partial charge in [-0.1, -0.05) is 19.6 Å². The monoisotopic (exact) mass is 201 g/mol. The molecular formula is C6H18GeSi. The summed E-state index contributed by atoms with van der Waals surface area (Å²) >= 11 is -4.10. The molecular weight excluding hydrogens is 173 g/mol. The minimum absolute atomic E-state index is 0.120. The topological polar surface area (TPSA) is 0 Å². The second kappa shape index (κ2) is 7.76. The normalized spacial score (nSPS) is 30.4. The summed E-state index contributed by atoms with van der Waals surface area (Å²) in [5.41, 5.74) is -8.47. The first kappa shape index (κ1) is 2.12. The van der Waals surface area contributed by atoms with E-state index in [0.29, 0.717) is 0 Å². The van der Waals surface area contributed by atoms with Gasteiger partial charge in [-0.3, -0.25) is 0 Å². The van der Waals surface area contributed by atoms with E-state index >= 15 is 0 Å². The molecule has 0 unspecified atom stereocenters. The number of hydrogen-bond acceptors (Lipinski definition) is 0. The third kappa shape index (κ3) is 389. The van der Waals surface area contributed by atoms with Crippen molar-refractivity contribution in [2.45, 2.75) is 36.7 Å². The summed E-state index contributed by atoms with van der Waals surface area (Å²) in [5.74, 6) is 0. The maximum atomic E-state index is 6.89. The van der Waals surface area contributed by atoms with Gasteiger partial charge in [0.1, 0.15) is 0 Å². The Hall–Kier alpha value is 0.760. The van der Waals surface area contributed by atoms with Crippen LogP contribution in [0.4, 0.5) is 0 Å². The van der Waals surface area contributed by atoms with Gasteiger partial charge < -0.3 is 0 Å². The molecule has 0 amide bonds. The Labute approximate surface area is 73.0 Å². The van der Waals surface area contributed by atoms with Gasteiger partial charge >= 0.3 is 43.7 Å². The van der Waals surface area contributed by atoms with Crippen LogP contribution < -0.4 is 0 Å². The predicted octanol–water partition coefficient (Wildman–Crippen LogP) is 2.74. The van der Waals surface area contributed by atoms with Crippen LogP contribution in [-0.4, -0.2) is 23.1 Å². The molecule has 0 rings (SSSR count). The van der Waals surface area contributed by atoms with Gasteiger partial charge in [0.05, 0.1) is 0 Å². The van der Waals surface area contributed by atoms with Crippen molar-refractivity contribution in [2.24, 2.45) is 0 Å². The SMILES string of the molecule is C[Si](C)C.[2H][C]([2H])([2H])[Ge]([C]([2H])([2H])[2H])[C]([2H])([2H])[2H]. The van der Waals surface area contributed by atoms with Crippen LogP contribution in [0.5, 0.6) is 0 Å². The molecule has 0 saturated carbocycles. The molecule has 0 spiro atoms. The van der Waals surface area contributed by atoms with Crippen molar-refractivity contribution in [2.75, 3.05) is 0 Å². The summed E-state index contributed by atoms with van der Waals surface area (Å²) in [6.07, 6.45) is 0. The Bertz CT molecular complexity index is 179. The van der Waals surface area contributed by atoms with E-state index in [1.54, 1.807) is 0 Å². The molecule has 8 heavy (non-hydrogen) atoms. The quantitative estimate of drug-likeness (QED) is 0.527. The van der Waals surface area contributed by atoms with Gasteiger partial charge in [0.2, 0.25) is 0 Å². The van der Waals surface area contributed by atoms with Crippen molar-refractivity contribution in [1.29, 1.82) is 0 Å². The first-order valence-electron chi connectivity index (χ1n) is 6.75. The van der Waals surface area contributed by atoms with Crippen LogP contribution in [0.2, 0.25) is 36.7 Å². The van der Waals surface area contributed by atoms with Crippen molar-refractivity contribution in [3.8, 4) is 0 Å². The van der Waals surface area contributed by atoms with E-state index in [-0.39, 0.29) is 8.80 Å². The van der Waals surface area contributed by atoms with Gasteiger partial charge in [0.15, 0.2) is 0 Å². The Morgan fingerprint density at radius 1 is 1.12 bits per heavy atom. The molecule has 0 aromatic carbocycles. The molecule has 50 valence electrons. The second-order valence-corrected chi connectivity index (χ2v) is 6.45. The molecule has 0 bridgehead atoms. The Morgan fingerprint density at radius 3 is 1.38 bits per heavy atom. The van der Waals surface area contributed by atoms with Gasteiger partial charge in [-0.05, 0) is 0 Å². The van der Waals surface area contributed by atoms with Gasteiger partial charge in [0, 0.05) is 8.80 Å². The van der Waals surface area contributed by atoms with Crippen molar-refractivity contribution in [3.05, 3.63) is 0 Å². The van der Waals surface area contributed by atoms with Crippen LogP contribution in [0.1, 0.15) is 12.3 Å². The summed E-state index contributed by atoms with van der Waals surface area (Å²) in [5, 5.41) is 0. The molecule has 0 aliphatic heterocycles. The molecule has 0 saturated heterocycles. The van der Waals surface area contributed by atoms with Crippen LogP contribution in [0.15, 0.2) is 0 Å². The summed E-state index contributed by atoms with van der Waals surface area (Å²) in [6.45, 7) is 6.81. The van der Waals surface area contributed by atoms with Crippen molar-refractivity contribution in [1.82, 2.24) is 0 Å². The predicted molar refractivity (Wildman–Crippen MR) is 46.7 cm³/mol. The third-order valence-corrected chi connectivity index (χ3v) is 0.